The monoisotopic (exact) mass is 403 g/mol. The van der Waals surface area contributed by atoms with Gasteiger partial charge in [-0.1, -0.05) is 24.3 Å². The first-order valence-corrected chi connectivity index (χ1v) is 9.44. The van der Waals surface area contributed by atoms with Gasteiger partial charge in [0.15, 0.2) is 11.5 Å². The summed E-state index contributed by atoms with van der Waals surface area (Å²) >= 11 is 0. The van der Waals surface area contributed by atoms with Crippen LogP contribution < -0.4 is 5.32 Å². The Morgan fingerprint density at radius 3 is 2.62 bits per heavy atom. The van der Waals surface area contributed by atoms with E-state index in [0.29, 0.717) is 24.5 Å². The molecule has 0 unspecified atom stereocenters. The van der Waals surface area contributed by atoms with Gasteiger partial charge in [-0.3, -0.25) is 0 Å². The zero-order valence-electron chi connectivity index (χ0n) is 15.6. The van der Waals surface area contributed by atoms with E-state index in [1.54, 1.807) is 11.0 Å². The van der Waals surface area contributed by atoms with E-state index in [9.17, 15) is 18.0 Å². The van der Waals surface area contributed by atoms with E-state index in [-0.39, 0.29) is 18.5 Å². The summed E-state index contributed by atoms with van der Waals surface area (Å²) in [7, 11) is 0. The number of carbonyl (C=O) groups is 1. The SMILES string of the molecule is O=C(NCc1cccc(C(F)(F)F)c1)N1CCC(c2nc3ccccc3o2)CC1. The van der Waals surface area contributed by atoms with Gasteiger partial charge >= 0.3 is 12.2 Å². The maximum absolute atomic E-state index is 12.8. The van der Waals surface area contributed by atoms with Crippen molar-refractivity contribution in [1.82, 2.24) is 15.2 Å². The molecule has 0 saturated carbocycles. The molecule has 1 aliphatic rings. The molecule has 1 fully saturated rings. The topological polar surface area (TPSA) is 58.4 Å². The second-order valence-electron chi connectivity index (χ2n) is 7.14. The molecule has 152 valence electrons. The highest BCUT2D eigenvalue weighted by molar-refractivity contribution is 5.74. The molecule has 0 bridgehead atoms. The minimum Gasteiger partial charge on any atom is -0.440 e. The van der Waals surface area contributed by atoms with Gasteiger partial charge in [-0.2, -0.15) is 13.2 Å². The number of aromatic nitrogens is 1. The third-order valence-electron chi connectivity index (χ3n) is 5.14. The number of rotatable bonds is 3. The standard InChI is InChI=1S/C21H20F3N3O2/c22-21(23,24)16-5-3-4-14(12-16)13-25-20(28)27-10-8-15(9-11-27)19-26-17-6-1-2-7-18(17)29-19/h1-7,12,15H,8-11,13H2,(H,25,28). The number of nitrogens with one attached hydrogen (secondary N) is 1. The van der Waals surface area contributed by atoms with Gasteiger partial charge in [0.1, 0.15) is 5.52 Å². The van der Waals surface area contributed by atoms with Crippen LogP contribution in [-0.2, 0) is 12.7 Å². The number of carbonyl (C=O) groups excluding carboxylic acids is 1. The van der Waals surface area contributed by atoms with E-state index in [2.05, 4.69) is 10.3 Å². The Bertz CT molecular complexity index is 975. The number of fused-ring (bicyclic) bond motifs is 1. The molecule has 0 radical (unpaired) electrons. The summed E-state index contributed by atoms with van der Waals surface area (Å²) in [4.78, 5) is 18.6. The fourth-order valence-electron chi connectivity index (χ4n) is 3.54. The number of hydrogen-bond donors (Lipinski definition) is 1. The molecule has 1 saturated heterocycles. The van der Waals surface area contributed by atoms with Gasteiger partial charge in [0.05, 0.1) is 5.56 Å². The minimum absolute atomic E-state index is 0.0494. The van der Waals surface area contributed by atoms with Crippen LogP contribution in [0.3, 0.4) is 0 Å². The third-order valence-corrected chi connectivity index (χ3v) is 5.14. The summed E-state index contributed by atoms with van der Waals surface area (Å²) < 4.78 is 44.2. The molecular formula is C21H20F3N3O2. The number of halogens is 3. The first kappa shape index (κ1) is 19.3. The number of piperidine rings is 1. The van der Waals surface area contributed by atoms with Crippen LogP contribution in [0.5, 0.6) is 0 Å². The van der Waals surface area contributed by atoms with Gasteiger partial charge in [-0.15, -0.1) is 0 Å². The lowest BCUT2D eigenvalue weighted by Crippen LogP contribution is -2.43. The molecule has 2 heterocycles. The maximum atomic E-state index is 12.8. The quantitative estimate of drug-likeness (QED) is 0.674. The first-order valence-electron chi connectivity index (χ1n) is 9.44. The van der Waals surface area contributed by atoms with E-state index in [1.165, 1.54) is 6.07 Å². The average molecular weight is 403 g/mol. The van der Waals surface area contributed by atoms with Crippen molar-refractivity contribution in [2.24, 2.45) is 0 Å². The van der Waals surface area contributed by atoms with E-state index in [1.807, 2.05) is 24.3 Å². The van der Waals surface area contributed by atoms with Gasteiger partial charge in [0.2, 0.25) is 0 Å². The van der Waals surface area contributed by atoms with Crippen LogP contribution in [0.1, 0.15) is 35.8 Å². The Kier molecular flexibility index (Phi) is 5.17. The van der Waals surface area contributed by atoms with E-state index < -0.39 is 11.7 Å². The summed E-state index contributed by atoms with van der Waals surface area (Å²) in [6.45, 7) is 1.13. The maximum Gasteiger partial charge on any atom is 0.416 e. The zero-order chi connectivity index (χ0) is 20.4. The van der Waals surface area contributed by atoms with Crippen molar-refractivity contribution >= 4 is 17.1 Å². The molecule has 8 heteroatoms. The van der Waals surface area contributed by atoms with Crippen molar-refractivity contribution in [3.05, 3.63) is 65.5 Å². The van der Waals surface area contributed by atoms with Gasteiger partial charge in [0.25, 0.3) is 0 Å². The number of amides is 2. The Balaban J connectivity index is 1.31. The summed E-state index contributed by atoms with van der Waals surface area (Å²) in [5, 5.41) is 2.70. The molecular weight excluding hydrogens is 383 g/mol. The highest BCUT2D eigenvalue weighted by Gasteiger charge is 2.30. The molecule has 2 amide bonds. The Hall–Kier alpha value is -3.03. The largest absolute Gasteiger partial charge is 0.440 e. The number of nitrogens with zero attached hydrogens (tertiary/aromatic N) is 2. The van der Waals surface area contributed by atoms with Crippen molar-refractivity contribution in [3.8, 4) is 0 Å². The lowest BCUT2D eigenvalue weighted by Gasteiger charge is -2.30. The number of benzene rings is 2. The third kappa shape index (κ3) is 4.36. The highest BCUT2D eigenvalue weighted by atomic mass is 19.4. The molecule has 0 spiro atoms. The van der Waals surface area contributed by atoms with Crippen LogP contribution in [0, 0.1) is 0 Å². The van der Waals surface area contributed by atoms with Gasteiger partial charge in [-0.05, 0) is 42.7 Å². The van der Waals surface area contributed by atoms with Crippen LogP contribution in [0.25, 0.3) is 11.1 Å². The molecule has 0 aliphatic carbocycles. The number of urea groups is 1. The lowest BCUT2D eigenvalue weighted by atomic mass is 9.97. The number of alkyl halides is 3. The Morgan fingerprint density at radius 2 is 1.90 bits per heavy atom. The average Bonchev–Trinajstić information content (AvgIpc) is 3.16. The molecule has 2 aromatic carbocycles. The van der Waals surface area contributed by atoms with Crippen LogP contribution in [-0.4, -0.2) is 29.0 Å². The van der Waals surface area contributed by atoms with Crippen LogP contribution >= 0.6 is 0 Å². The molecule has 29 heavy (non-hydrogen) atoms. The lowest BCUT2D eigenvalue weighted by molar-refractivity contribution is -0.137. The Morgan fingerprint density at radius 1 is 1.14 bits per heavy atom. The molecule has 1 aromatic heterocycles. The number of oxazole rings is 1. The Labute approximate surface area is 165 Å². The molecule has 5 nitrogen and oxygen atoms in total. The number of likely N-dealkylation sites (tertiary alicyclic amines) is 1. The van der Waals surface area contributed by atoms with Gasteiger partial charge in [-0.25, -0.2) is 9.78 Å². The normalized spacial score (nSPS) is 15.6. The molecule has 0 atom stereocenters. The van der Waals surface area contributed by atoms with Crippen molar-refractivity contribution in [1.29, 1.82) is 0 Å². The van der Waals surface area contributed by atoms with Crippen molar-refractivity contribution in [3.63, 3.8) is 0 Å². The second kappa shape index (κ2) is 7.77. The predicted octanol–water partition coefficient (Wildman–Crippen LogP) is 4.94. The van der Waals surface area contributed by atoms with E-state index in [4.69, 9.17) is 4.42 Å². The van der Waals surface area contributed by atoms with Crippen LogP contribution in [0.2, 0.25) is 0 Å². The van der Waals surface area contributed by atoms with E-state index in [0.717, 1.165) is 36.1 Å². The highest BCUT2D eigenvalue weighted by Crippen LogP contribution is 2.31. The fourth-order valence-corrected chi connectivity index (χ4v) is 3.54. The summed E-state index contributed by atoms with van der Waals surface area (Å²) in [6, 6.07) is 12.3. The smallest absolute Gasteiger partial charge is 0.416 e. The van der Waals surface area contributed by atoms with Crippen molar-refractivity contribution in [2.45, 2.75) is 31.5 Å². The van der Waals surface area contributed by atoms with Crippen LogP contribution in [0.15, 0.2) is 52.9 Å². The summed E-state index contributed by atoms with van der Waals surface area (Å²) in [5.41, 5.74) is 1.27. The predicted molar refractivity (Wildman–Crippen MR) is 101 cm³/mol. The molecule has 4 rings (SSSR count). The van der Waals surface area contributed by atoms with Gasteiger partial charge in [0, 0.05) is 25.6 Å². The summed E-state index contributed by atoms with van der Waals surface area (Å²) in [6.07, 6.45) is -2.94. The van der Waals surface area contributed by atoms with E-state index >= 15 is 0 Å². The molecule has 3 aromatic rings. The fraction of sp³-hybridized carbons (Fsp3) is 0.333. The molecule has 1 N–H and O–H groups in total. The van der Waals surface area contributed by atoms with Crippen LogP contribution in [0.4, 0.5) is 18.0 Å². The second-order valence-corrected chi connectivity index (χ2v) is 7.14. The number of hydrogen-bond acceptors (Lipinski definition) is 3. The summed E-state index contributed by atoms with van der Waals surface area (Å²) in [5.74, 6) is 0.838. The first-order chi connectivity index (χ1) is 13.9. The minimum atomic E-state index is -4.40. The van der Waals surface area contributed by atoms with Crippen molar-refractivity contribution < 1.29 is 22.4 Å². The molecule has 1 aliphatic heterocycles. The zero-order valence-corrected chi connectivity index (χ0v) is 15.6. The van der Waals surface area contributed by atoms with Gasteiger partial charge < -0.3 is 14.6 Å². The van der Waals surface area contributed by atoms with Crippen molar-refractivity contribution in [2.75, 3.05) is 13.1 Å². The number of para-hydroxylation sites is 2.